The first-order chi connectivity index (χ1) is 17.2. The lowest BCUT2D eigenvalue weighted by atomic mass is 9.66. The summed E-state index contributed by atoms with van der Waals surface area (Å²) in [4.78, 5) is 15.1. The van der Waals surface area contributed by atoms with Gasteiger partial charge in [0.2, 0.25) is 0 Å². The van der Waals surface area contributed by atoms with Gasteiger partial charge in [-0.25, -0.2) is 4.79 Å². The van der Waals surface area contributed by atoms with Gasteiger partial charge in [0.15, 0.2) is 6.29 Å². The number of aryl methyl sites for hydroxylation is 1. The molecule has 5 nitrogen and oxygen atoms in total. The maximum atomic E-state index is 14.1. The molecule has 5 atom stereocenters. The van der Waals surface area contributed by atoms with E-state index in [2.05, 4.69) is 17.4 Å². The monoisotopic (exact) mass is 510 g/mol. The van der Waals surface area contributed by atoms with Crippen molar-refractivity contribution < 1.29 is 27.8 Å². The van der Waals surface area contributed by atoms with Crippen molar-refractivity contribution in [3.63, 3.8) is 0 Å². The van der Waals surface area contributed by atoms with E-state index in [-0.39, 0.29) is 17.9 Å². The molecule has 0 aromatic heterocycles. The molecule has 1 aromatic rings. The number of halogens is 3. The van der Waals surface area contributed by atoms with Gasteiger partial charge in [-0.05, 0) is 56.4 Å². The molecule has 0 spiro atoms. The zero-order valence-corrected chi connectivity index (χ0v) is 21.5. The molecular weight excluding hydrogens is 469 g/mol. The normalized spacial score (nSPS) is 27.8. The summed E-state index contributed by atoms with van der Waals surface area (Å²) in [6.45, 7) is 2.02. The number of aliphatic hydroxyl groups excluding tert-OH is 1. The number of ether oxygens (including phenoxy) is 1. The smallest absolute Gasteiger partial charge is 0.366 e. The second-order valence-corrected chi connectivity index (χ2v) is 11.1. The van der Waals surface area contributed by atoms with Gasteiger partial charge < -0.3 is 20.1 Å². The van der Waals surface area contributed by atoms with E-state index in [1.807, 2.05) is 19.1 Å². The summed E-state index contributed by atoms with van der Waals surface area (Å²) in [5.74, 6) is -0.485. The van der Waals surface area contributed by atoms with Crippen LogP contribution in [0.15, 0.2) is 24.3 Å². The first-order valence-corrected chi connectivity index (χ1v) is 13.6. The molecule has 2 amide bonds. The Hall–Kier alpha value is -1.80. The van der Waals surface area contributed by atoms with Gasteiger partial charge in [0, 0.05) is 19.1 Å². The predicted molar refractivity (Wildman–Crippen MR) is 132 cm³/mol. The number of urea groups is 1. The first kappa shape index (κ1) is 27.2. The first-order valence-electron chi connectivity index (χ1n) is 13.6. The van der Waals surface area contributed by atoms with Crippen molar-refractivity contribution in [3.8, 4) is 0 Å². The van der Waals surface area contributed by atoms with Crippen LogP contribution in [0, 0.1) is 24.7 Å². The van der Waals surface area contributed by atoms with Crippen LogP contribution in [0.5, 0.6) is 0 Å². The van der Waals surface area contributed by atoms with E-state index >= 15 is 0 Å². The highest BCUT2D eigenvalue weighted by Gasteiger charge is 2.57. The van der Waals surface area contributed by atoms with Gasteiger partial charge in [-0.1, -0.05) is 68.4 Å². The molecule has 2 aliphatic carbocycles. The van der Waals surface area contributed by atoms with Gasteiger partial charge >= 0.3 is 12.2 Å². The van der Waals surface area contributed by atoms with Crippen molar-refractivity contribution in [1.82, 2.24) is 10.2 Å². The number of carbonyl (C=O) groups is 1. The maximum Gasteiger partial charge on any atom is 0.408 e. The van der Waals surface area contributed by atoms with Gasteiger partial charge in [0.05, 0.1) is 6.04 Å². The van der Waals surface area contributed by atoms with Gasteiger partial charge in [0.25, 0.3) is 0 Å². The summed E-state index contributed by atoms with van der Waals surface area (Å²) in [6.07, 6.45) is 3.39. The number of nitrogens with zero attached hydrogens (tertiary/aromatic N) is 1. The molecule has 4 rings (SSSR count). The third kappa shape index (κ3) is 6.01. The molecule has 1 saturated heterocycles. The van der Waals surface area contributed by atoms with Crippen LogP contribution in [-0.2, 0) is 11.2 Å². The molecule has 0 bridgehead atoms. The van der Waals surface area contributed by atoms with E-state index < -0.39 is 36.5 Å². The molecule has 0 radical (unpaired) electrons. The molecule has 2 N–H and O–H groups in total. The molecule has 202 valence electrons. The topological polar surface area (TPSA) is 61.8 Å². The third-order valence-electron chi connectivity index (χ3n) is 8.77. The number of alkyl halides is 3. The average molecular weight is 511 g/mol. The summed E-state index contributed by atoms with van der Waals surface area (Å²) in [7, 11) is 1.37. The number of nitrogens with one attached hydrogen (secondary N) is 1. The largest absolute Gasteiger partial charge is 0.408 e. The number of likely N-dealkylation sites (tertiary alicyclic amines) is 1. The van der Waals surface area contributed by atoms with Crippen molar-refractivity contribution in [2.45, 2.75) is 108 Å². The van der Waals surface area contributed by atoms with Gasteiger partial charge in [-0.3, -0.25) is 0 Å². The standard InChI is InChI=1S/C28H41F3N2O3/c1-18-13-15-19(16-14-18)17-22-23(20-9-5-3-6-10-20)33(24(22)26(34)36-2)27(35)32-25(28(29,30)31)21-11-7-4-8-12-21/h13-16,20-26,34H,3-12,17H2,1-2H3,(H,32,35)/t22-,23?,24?,25?,26?/m0/s1. The maximum absolute atomic E-state index is 14.1. The van der Waals surface area contributed by atoms with Crippen molar-refractivity contribution in [2.24, 2.45) is 17.8 Å². The van der Waals surface area contributed by atoms with E-state index in [9.17, 15) is 23.1 Å². The van der Waals surface area contributed by atoms with Crippen molar-refractivity contribution >= 4 is 6.03 Å². The second-order valence-electron chi connectivity index (χ2n) is 11.1. The average Bonchev–Trinajstić information content (AvgIpc) is 2.86. The van der Waals surface area contributed by atoms with Gasteiger partial charge in [-0.2, -0.15) is 13.2 Å². The predicted octanol–water partition coefficient (Wildman–Crippen LogP) is 5.97. The van der Waals surface area contributed by atoms with E-state index in [0.717, 1.165) is 62.5 Å². The van der Waals surface area contributed by atoms with Crippen LogP contribution in [-0.4, -0.2) is 53.7 Å². The second kappa shape index (κ2) is 11.7. The molecule has 36 heavy (non-hydrogen) atoms. The molecule has 1 aromatic carbocycles. The minimum Gasteiger partial charge on any atom is -0.366 e. The Labute approximate surface area is 212 Å². The lowest BCUT2D eigenvalue weighted by Gasteiger charge is -2.59. The Balaban J connectivity index is 1.60. The quantitative estimate of drug-likeness (QED) is 0.444. The van der Waals surface area contributed by atoms with Crippen LogP contribution in [0.25, 0.3) is 0 Å². The Morgan fingerprint density at radius 2 is 1.64 bits per heavy atom. The Kier molecular flexibility index (Phi) is 8.87. The third-order valence-corrected chi connectivity index (χ3v) is 8.77. The van der Waals surface area contributed by atoms with Crippen molar-refractivity contribution in [1.29, 1.82) is 0 Å². The summed E-state index contributed by atoms with van der Waals surface area (Å²) in [5.41, 5.74) is 2.24. The number of carbonyl (C=O) groups excluding carboxylic acids is 1. The number of aliphatic hydroxyl groups is 1. The van der Waals surface area contributed by atoms with Gasteiger partial charge in [-0.15, -0.1) is 0 Å². The number of benzene rings is 1. The van der Waals surface area contributed by atoms with Crippen LogP contribution in [0.2, 0.25) is 0 Å². The number of methoxy groups -OCH3 is 1. The van der Waals surface area contributed by atoms with E-state index in [4.69, 9.17) is 4.74 Å². The minimum absolute atomic E-state index is 0.0875. The molecule has 1 heterocycles. The number of hydrogen-bond donors (Lipinski definition) is 2. The Morgan fingerprint density at radius 1 is 1.06 bits per heavy atom. The van der Waals surface area contributed by atoms with Crippen molar-refractivity contribution in [3.05, 3.63) is 35.4 Å². The molecule has 3 aliphatic rings. The van der Waals surface area contributed by atoms with Crippen molar-refractivity contribution in [2.75, 3.05) is 7.11 Å². The van der Waals surface area contributed by atoms with Gasteiger partial charge in [0.1, 0.15) is 6.04 Å². The molecule has 8 heteroatoms. The molecule has 2 saturated carbocycles. The zero-order chi connectivity index (χ0) is 25.9. The van der Waals surface area contributed by atoms with Crippen LogP contribution < -0.4 is 5.32 Å². The van der Waals surface area contributed by atoms with Crippen LogP contribution in [0.4, 0.5) is 18.0 Å². The minimum atomic E-state index is -4.51. The molecule has 4 unspecified atom stereocenters. The summed E-state index contributed by atoms with van der Waals surface area (Å²) in [5, 5.41) is 13.2. The number of hydrogen-bond acceptors (Lipinski definition) is 3. The summed E-state index contributed by atoms with van der Waals surface area (Å²) >= 11 is 0. The Morgan fingerprint density at radius 3 is 2.19 bits per heavy atom. The lowest BCUT2D eigenvalue weighted by Crippen LogP contribution is -2.75. The fourth-order valence-electron chi connectivity index (χ4n) is 6.90. The summed E-state index contributed by atoms with van der Waals surface area (Å²) < 4.78 is 47.6. The fraction of sp³-hybridized carbons (Fsp3) is 0.750. The lowest BCUT2D eigenvalue weighted by molar-refractivity contribution is -0.198. The van der Waals surface area contributed by atoms with E-state index in [1.54, 1.807) is 0 Å². The fourth-order valence-corrected chi connectivity index (χ4v) is 6.90. The summed E-state index contributed by atoms with van der Waals surface area (Å²) in [6, 6.07) is 4.67. The van der Waals surface area contributed by atoms with E-state index in [1.165, 1.54) is 12.0 Å². The molecule has 1 aliphatic heterocycles. The number of rotatable bonds is 7. The zero-order valence-electron chi connectivity index (χ0n) is 21.5. The van der Waals surface area contributed by atoms with Crippen LogP contribution >= 0.6 is 0 Å². The highest BCUT2D eigenvalue weighted by atomic mass is 19.4. The van der Waals surface area contributed by atoms with Crippen LogP contribution in [0.1, 0.15) is 75.3 Å². The number of amides is 2. The molecular formula is C28H41F3N2O3. The highest BCUT2D eigenvalue weighted by molar-refractivity contribution is 5.77. The Bertz CT molecular complexity index is 851. The SMILES string of the molecule is COC(O)C1[C@@H](Cc2ccc(C)cc2)C(C2CCCCC2)N1C(=O)NC(C1CCCCC1)C(F)(F)F. The highest BCUT2D eigenvalue weighted by Crippen LogP contribution is 2.46. The van der Waals surface area contributed by atoms with E-state index in [0.29, 0.717) is 19.3 Å². The van der Waals surface area contributed by atoms with Crippen LogP contribution in [0.3, 0.4) is 0 Å². The molecule has 3 fully saturated rings.